The van der Waals surface area contributed by atoms with Crippen LogP contribution in [0.4, 0.5) is 0 Å². The van der Waals surface area contributed by atoms with Crippen molar-refractivity contribution in [2.45, 2.75) is 34.1 Å². The quantitative estimate of drug-likeness (QED) is 0.210. The van der Waals surface area contributed by atoms with Gasteiger partial charge in [-0.3, -0.25) is 29.9 Å². The summed E-state index contributed by atoms with van der Waals surface area (Å²) >= 11 is 0. The Morgan fingerprint density at radius 1 is 0.489 bits per heavy atom. The van der Waals surface area contributed by atoms with Crippen molar-refractivity contribution in [1.29, 1.82) is 0 Å². The van der Waals surface area contributed by atoms with E-state index in [4.69, 9.17) is 5.11 Å². The summed E-state index contributed by atoms with van der Waals surface area (Å²) in [5, 5.41) is 8.89. The fourth-order valence-corrected chi connectivity index (χ4v) is 4.32. The third kappa shape index (κ3) is 10.1. The molecule has 45 heavy (non-hydrogen) atoms. The van der Waals surface area contributed by atoms with Crippen LogP contribution in [-0.2, 0) is 6.42 Å². The Morgan fingerprint density at radius 3 is 1.18 bits per heavy atom. The van der Waals surface area contributed by atoms with Gasteiger partial charge < -0.3 is 5.11 Å². The predicted octanol–water partition coefficient (Wildman–Crippen LogP) is 7.84. The van der Waals surface area contributed by atoms with Crippen molar-refractivity contribution < 1.29 is 5.11 Å². The Kier molecular flexibility index (Phi) is 11.9. The smallest absolute Gasteiger partial charge is 0.0892 e. The Balaban J connectivity index is 0.000000154. The van der Waals surface area contributed by atoms with E-state index in [1.807, 2.05) is 99.0 Å². The number of aliphatic hydroxyl groups excluding tert-OH is 1. The first-order chi connectivity index (χ1) is 21.8. The molecule has 7 nitrogen and oxygen atoms in total. The van der Waals surface area contributed by atoms with Crippen LogP contribution in [0.15, 0.2) is 117 Å². The summed E-state index contributed by atoms with van der Waals surface area (Å²) in [4.78, 5) is 25.7. The molecule has 6 aromatic rings. The van der Waals surface area contributed by atoms with Gasteiger partial charge in [-0.05, 0) is 140 Å². The van der Waals surface area contributed by atoms with E-state index in [9.17, 15) is 0 Å². The number of rotatable bonds is 6. The van der Waals surface area contributed by atoms with Crippen molar-refractivity contribution in [2.24, 2.45) is 0 Å². The van der Waals surface area contributed by atoms with Gasteiger partial charge in [0.15, 0.2) is 0 Å². The topological polar surface area (TPSA) is 97.6 Å². The molecule has 6 rings (SSSR count). The first-order valence-electron chi connectivity index (χ1n) is 14.7. The molecule has 0 fully saturated rings. The van der Waals surface area contributed by atoms with Crippen molar-refractivity contribution in [3.63, 3.8) is 0 Å². The second-order valence-electron chi connectivity index (χ2n) is 10.6. The second-order valence-corrected chi connectivity index (χ2v) is 10.6. The van der Waals surface area contributed by atoms with Gasteiger partial charge in [-0.2, -0.15) is 0 Å². The SMILES string of the molecule is C=Cc1ccnc(-c2cc(C)ccn2)c1.Cc1ccnc(-c2cc(C)ccn2)c1.Cc1ccnc(-c2cc(CCO)ccn2)c1. The standard InChI is InChI=1S/C13H14N2O.C13H12N2.C12H12N2/c1-10-2-5-14-12(8-10)13-9-11(4-7-16)3-6-15-13;1-3-11-5-7-15-13(9-11)12-8-10(2)4-6-14-12;1-9-3-5-13-11(7-9)12-8-10(2)4-6-14-12/h2-3,5-6,8-9,16H,4,7H2,1H3;3-9H,1H2,2H3;3-8H,1-2H3. The Morgan fingerprint density at radius 2 is 0.822 bits per heavy atom. The van der Waals surface area contributed by atoms with E-state index >= 15 is 0 Å². The van der Waals surface area contributed by atoms with E-state index in [1.165, 1.54) is 22.3 Å². The molecule has 6 aromatic heterocycles. The van der Waals surface area contributed by atoms with E-state index < -0.39 is 0 Å². The summed E-state index contributed by atoms with van der Waals surface area (Å²) in [6, 6.07) is 23.8. The highest BCUT2D eigenvalue weighted by Gasteiger charge is 2.03. The highest BCUT2D eigenvalue weighted by Crippen LogP contribution is 2.18. The van der Waals surface area contributed by atoms with Crippen LogP contribution in [0.3, 0.4) is 0 Å². The van der Waals surface area contributed by atoms with Gasteiger partial charge in [0.1, 0.15) is 0 Å². The first-order valence-corrected chi connectivity index (χ1v) is 14.7. The first kappa shape index (κ1) is 32.5. The maximum absolute atomic E-state index is 8.89. The van der Waals surface area contributed by atoms with E-state index in [0.717, 1.165) is 45.3 Å². The van der Waals surface area contributed by atoms with Gasteiger partial charge in [-0.15, -0.1) is 0 Å². The zero-order valence-corrected chi connectivity index (χ0v) is 26.2. The molecule has 0 atom stereocenters. The minimum atomic E-state index is 0.157. The molecule has 0 aromatic carbocycles. The number of hydrogen-bond acceptors (Lipinski definition) is 7. The zero-order chi connectivity index (χ0) is 32.0. The molecule has 0 spiro atoms. The average molecular weight is 595 g/mol. The summed E-state index contributed by atoms with van der Waals surface area (Å²) in [6.45, 7) is 12.1. The summed E-state index contributed by atoms with van der Waals surface area (Å²) in [5.74, 6) is 0. The van der Waals surface area contributed by atoms with Crippen molar-refractivity contribution in [1.82, 2.24) is 29.9 Å². The molecule has 0 bridgehead atoms. The number of nitrogens with zero attached hydrogens (tertiary/aromatic N) is 6. The Bertz CT molecular complexity index is 1810. The maximum atomic E-state index is 8.89. The van der Waals surface area contributed by atoms with Gasteiger partial charge in [0.05, 0.1) is 34.2 Å². The molecule has 0 aliphatic carbocycles. The van der Waals surface area contributed by atoms with Gasteiger partial charge in [-0.1, -0.05) is 12.7 Å². The average Bonchev–Trinajstić information content (AvgIpc) is 3.06. The number of pyridine rings is 6. The highest BCUT2D eigenvalue weighted by molar-refractivity contribution is 5.60. The van der Waals surface area contributed by atoms with Crippen LogP contribution in [0.2, 0.25) is 0 Å². The highest BCUT2D eigenvalue weighted by atomic mass is 16.2. The lowest BCUT2D eigenvalue weighted by molar-refractivity contribution is 0.299. The molecule has 226 valence electrons. The van der Waals surface area contributed by atoms with Crippen LogP contribution in [0.1, 0.15) is 33.4 Å². The largest absolute Gasteiger partial charge is 0.396 e. The number of aliphatic hydroxyl groups is 1. The fourth-order valence-electron chi connectivity index (χ4n) is 4.32. The van der Waals surface area contributed by atoms with Crippen molar-refractivity contribution in [3.05, 3.63) is 150 Å². The van der Waals surface area contributed by atoms with Crippen LogP contribution in [-0.4, -0.2) is 41.6 Å². The normalized spacial score (nSPS) is 10.2. The predicted molar refractivity (Wildman–Crippen MR) is 182 cm³/mol. The molecule has 6 heterocycles. The van der Waals surface area contributed by atoms with Gasteiger partial charge in [-0.25, -0.2) is 0 Å². The molecule has 0 radical (unpaired) electrons. The third-order valence-corrected chi connectivity index (χ3v) is 6.69. The van der Waals surface area contributed by atoms with Gasteiger partial charge in [0, 0.05) is 43.8 Å². The summed E-state index contributed by atoms with van der Waals surface area (Å²) in [5.41, 5.74) is 12.3. The number of aromatic nitrogens is 6. The summed E-state index contributed by atoms with van der Waals surface area (Å²) in [6.07, 6.45) is 13.2. The molecule has 0 unspecified atom stereocenters. The molecule has 0 saturated carbocycles. The monoisotopic (exact) mass is 594 g/mol. The van der Waals surface area contributed by atoms with Crippen molar-refractivity contribution >= 4 is 6.08 Å². The molecule has 1 N–H and O–H groups in total. The van der Waals surface area contributed by atoms with E-state index in [0.29, 0.717) is 6.42 Å². The number of aryl methyl sites for hydroxylation is 4. The third-order valence-electron chi connectivity index (χ3n) is 6.69. The van der Waals surface area contributed by atoms with E-state index in [2.05, 4.69) is 50.3 Å². The Labute approximate surface area is 265 Å². The van der Waals surface area contributed by atoms with Crippen LogP contribution >= 0.6 is 0 Å². The molecule has 0 saturated heterocycles. The van der Waals surface area contributed by atoms with Crippen molar-refractivity contribution in [2.75, 3.05) is 6.61 Å². The molecule has 0 aliphatic heterocycles. The lowest BCUT2D eigenvalue weighted by Crippen LogP contribution is -1.94. The van der Waals surface area contributed by atoms with Gasteiger partial charge in [0.2, 0.25) is 0 Å². The molecular formula is C38H38N6O. The molecular weight excluding hydrogens is 556 g/mol. The zero-order valence-electron chi connectivity index (χ0n) is 26.2. The minimum absolute atomic E-state index is 0.157. The van der Waals surface area contributed by atoms with Gasteiger partial charge >= 0.3 is 0 Å². The van der Waals surface area contributed by atoms with E-state index in [-0.39, 0.29) is 6.61 Å². The second kappa shape index (κ2) is 16.4. The lowest BCUT2D eigenvalue weighted by atomic mass is 10.1. The minimum Gasteiger partial charge on any atom is -0.396 e. The van der Waals surface area contributed by atoms with Crippen LogP contribution < -0.4 is 0 Å². The molecule has 7 heteroatoms. The number of hydrogen-bond donors (Lipinski definition) is 1. The molecule has 0 amide bonds. The summed E-state index contributed by atoms with van der Waals surface area (Å²) in [7, 11) is 0. The van der Waals surface area contributed by atoms with Crippen LogP contribution in [0, 0.1) is 27.7 Å². The van der Waals surface area contributed by atoms with E-state index in [1.54, 1.807) is 30.9 Å². The molecule has 0 aliphatic rings. The maximum Gasteiger partial charge on any atom is 0.0892 e. The van der Waals surface area contributed by atoms with Gasteiger partial charge in [0.25, 0.3) is 0 Å². The Hall–Kier alpha value is -5.40. The lowest BCUT2D eigenvalue weighted by Gasteiger charge is -2.03. The summed E-state index contributed by atoms with van der Waals surface area (Å²) < 4.78 is 0. The fraction of sp³-hybridized carbons (Fsp3) is 0.158. The van der Waals surface area contributed by atoms with Crippen molar-refractivity contribution in [3.8, 4) is 34.2 Å². The van der Waals surface area contributed by atoms with Crippen LogP contribution in [0.25, 0.3) is 40.2 Å². The van der Waals surface area contributed by atoms with Crippen LogP contribution in [0.5, 0.6) is 0 Å².